The van der Waals surface area contributed by atoms with Gasteiger partial charge in [-0.15, -0.1) is 0 Å². The molecule has 0 aromatic carbocycles. The summed E-state index contributed by atoms with van der Waals surface area (Å²) in [6.07, 6.45) is 3.16. The van der Waals surface area contributed by atoms with Crippen molar-refractivity contribution in [2.24, 2.45) is 5.92 Å². The van der Waals surface area contributed by atoms with E-state index in [4.69, 9.17) is 10.2 Å². The molecule has 0 spiro atoms. The molecule has 0 aliphatic heterocycles. The quantitative estimate of drug-likeness (QED) is 0.485. The second-order valence-electron chi connectivity index (χ2n) is 4.17. The van der Waals surface area contributed by atoms with Crippen molar-refractivity contribution in [1.29, 1.82) is 0 Å². The number of aliphatic hydroxyl groups is 3. The van der Waals surface area contributed by atoms with Crippen LogP contribution in [-0.4, -0.2) is 47.2 Å². The van der Waals surface area contributed by atoms with E-state index in [1.54, 1.807) is 0 Å². The zero-order chi connectivity index (χ0) is 10.4. The Balaban J connectivity index is 2.02. The van der Waals surface area contributed by atoms with Gasteiger partial charge in [-0.2, -0.15) is 0 Å². The second-order valence-corrected chi connectivity index (χ2v) is 4.17. The van der Waals surface area contributed by atoms with Crippen LogP contribution in [0.3, 0.4) is 0 Å². The van der Waals surface area contributed by atoms with Crippen molar-refractivity contribution in [2.45, 2.75) is 37.9 Å². The number of aliphatic hydroxyl groups excluding tert-OH is 3. The van der Waals surface area contributed by atoms with Crippen LogP contribution in [0.2, 0.25) is 0 Å². The first-order chi connectivity index (χ1) is 6.72. The van der Waals surface area contributed by atoms with Crippen molar-refractivity contribution in [1.82, 2.24) is 5.32 Å². The standard InChI is InChI=1S/C10H21NO3/c12-7-10(14)6-11-5-8-1-3-9(13)4-2-8/h8-14H,1-7H2/t8?,9?,10-/m0/s1. The molecule has 1 fully saturated rings. The number of hydrogen-bond donors (Lipinski definition) is 4. The Bertz CT molecular complexity index is 146. The highest BCUT2D eigenvalue weighted by Crippen LogP contribution is 2.23. The van der Waals surface area contributed by atoms with Crippen LogP contribution < -0.4 is 5.32 Å². The zero-order valence-electron chi connectivity index (χ0n) is 8.52. The molecule has 0 heterocycles. The van der Waals surface area contributed by atoms with Crippen molar-refractivity contribution in [2.75, 3.05) is 19.7 Å². The molecule has 84 valence electrons. The van der Waals surface area contributed by atoms with Gasteiger partial charge in [0.2, 0.25) is 0 Å². The predicted octanol–water partition coefficient (Wildman–Crippen LogP) is -0.520. The van der Waals surface area contributed by atoms with Crippen molar-refractivity contribution in [3.05, 3.63) is 0 Å². The van der Waals surface area contributed by atoms with Crippen LogP contribution in [0.1, 0.15) is 25.7 Å². The Morgan fingerprint density at radius 3 is 2.43 bits per heavy atom. The number of nitrogens with one attached hydrogen (secondary N) is 1. The number of rotatable bonds is 5. The molecule has 4 N–H and O–H groups in total. The Hall–Kier alpha value is -0.160. The molecule has 4 heteroatoms. The third-order valence-electron chi connectivity index (χ3n) is 2.84. The van der Waals surface area contributed by atoms with Crippen LogP contribution in [0.15, 0.2) is 0 Å². The van der Waals surface area contributed by atoms with E-state index in [0.29, 0.717) is 12.5 Å². The van der Waals surface area contributed by atoms with Gasteiger partial charge in [0.05, 0.1) is 18.8 Å². The first-order valence-electron chi connectivity index (χ1n) is 5.40. The maximum absolute atomic E-state index is 9.29. The lowest BCUT2D eigenvalue weighted by Gasteiger charge is -2.25. The third-order valence-corrected chi connectivity index (χ3v) is 2.84. The lowest BCUT2D eigenvalue weighted by Crippen LogP contribution is -2.34. The lowest BCUT2D eigenvalue weighted by atomic mass is 9.87. The topological polar surface area (TPSA) is 72.7 Å². The van der Waals surface area contributed by atoms with Crippen LogP contribution in [0.5, 0.6) is 0 Å². The zero-order valence-corrected chi connectivity index (χ0v) is 8.52. The van der Waals surface area contributed by atoms with Gasteiger partial charge < -0.3 is 20.6 Å². The van der Waals surface area contributed by atoms with Gasteiger partial charge in [-0.3, -0.25) is 0 Å². The van der Waals surface area contributed by atoms with Gasteiger partial charge in [0.1, 0.15) is 0 Å². The molecule has 1 atom stereocenters. The normalized spacial score (nSPS) is 30.2. The van der Waals surface area contributed by atoms with Crippen LogP contribution in [-0.2, 0) is 0 Å². The Kier molecular flexibility index (Phi) is 5.40. The molecule has 1 aliphatic carbocycles. The van der Waals surface area contributed by atoms with Crippen molar-refractivity contribution >= 4 is 0 Å². The van der Waals surface area contributed by atoms with Gasteiger partial charge in [-0.05, 0) is 38.1 Å². The molecular weight excluding hydrogens is 182 g/mol. The van der Waals surface area contributed by atoms with E-state index in [2.05, 4.69) is 5.32 Å². The fourth-order valence-corrected chi connectivity index (χ4v) is 1.87. The molecule has 1 rings (SSSR count). The molecule has 0 bridgehead atoms. The Morgan fingerprint density at radius 2 is 1.86 bits per heavy atom. The minimum atomic E-state index is -0.649. The minimum Gasteiger partial charge on any atom is -0.394 e. The summed E-state index contributed by atoms with van der Waals surface area (Å²) in [6, 6.07) is 0. The largest absolute Gasteiger partial charge is 0.394 e. The van der Waals surface area contributed by atoms with Crippen LogP contribution >= 0.6 is 0 Å². The Morgan fingerprint density at radius 1 is 1.21 bits per heavy atom. The maximum Gasteiger partial charge on any atom is 0.0894 e. The SMILES string of the molecule is OC[C@@H](O)CNCC1CCC(O)CC1. The molecule has 14 heavy (non-hydrogen) atoms. The van der Waals surface area contributed by atoms with E-state index in [0.717, 1.165) is 32.2 Å². The van der Waals surface area contributed by atoms with Crippen LogP contribution in [0.4, 0.5) is 0 Å². The molecule has 4 nitrogen and oxygen atoms in total. The van der Waals surface area contributed by atoms with E-state index in [9.17, 15) is 5.11 Å². The smallest absolute Gasteiger partial charge is 0.0894 e. The highest BCUT2D eigenvalue weighted by Gasteiger charge is 2.18. The molecule has 0 aromatic rings. The van der Waals surface area contributed by atoms with Gasteiger partial charge in [-0.1, -0.05) is 0 Å². The summed E-state index contributed by atoms with van der Waals surface area (Å²) in [6.45, 7) is 1.15. The van der Waals surface area contributed by atoms with Crippen molar-refractivity contribution < 1.29 is 15.3 Å². The van der Waals surface area contributed by atoms with Crippen LogP contribution in [0, 0.1) is 5.92 Å². The van der Waals surface area contributed by atoms with Gasteiger partial charge in [0.15, 0.2) is 0 Å². The average Bonchev–Trinajstić information content (AvgIpc) is 2.21. The van der Waals surface area contributed by atoms with Crippen LogP contribution in [0.25, 0.3) is 0 Å². The van der Waals surface area contributed by atoms with Gasteiger partial charge in [0, 0.05) is 6.54 Å². The lowest BCUT2D eigenvalue weighted by molar-refractivity contribution is 0.0878. The highest BCUT2D eigenvalue weighted by molar-refractivity contribution is 4.73. The van der Waals surface area contributed by atoms with Gasteiger partial charge in [0.25, 0.3) is 0 Å². The van der Waals surface area contributed by atoms with Gasteiger partial charge >= 0.3 is 0 Å². The molecule has 1 aliphatic rings. The van der Waals surface area contributed by atoms with E-state index < -0.39 is 6.10 Å². The second kappa shape index (κ2) is 6.35. The first kappa shape index (κ1) is 11.9. The van der Waals surface area contributed by atoms with Gasteiger partial charge in [-0.25, -0.2) is 0 Å². The fraction of sp³-hybridized carbons (Fsp3) is 1.00. The Labute approximate surface area is 85.0 Å². The fourth-order valence-electron chi connectivity index (χ4n) is 1.87. The van der Waals surface area contributed by atoms with Crippen molar-refractivity contribution in [3.63, 3.8) is 0 Å². The third kappa shape index (κ3) is 4.37. The summed E-state index contributed by atoms with van der Waals surface area (Å²) in [4.78, 5) is 0. The highest BCUT2D eigenvalue weighted by atomic mass is 16.3. The predicted molar refractivity (Wildman–Crippen MR) is 53.9 cm³/mol. The van der Waals surface area contributed by atoms with E-state index >= 15 is 0 Å². The van der Waals surface area contributed by atoms with Crippen molar-refractivity contribution in [3.8, 4) is 0 Å². The molecule has 0 saturated heterocycles. The molecule has 0 unspecified atom stereocenters. The molecule has 1 saturated carbocycles. The van der Waals surface area contributed by atoms with E-state index in [1.807, 2.05) is 0 Å². The maximum atomic E-state index is 9.29. The minimum absolute atomic E-state index is 0.103. The average molecular weight is 203 g/mol. The molecule has 0 aromatic heterocycles. The summed E-state index contributed by atoms with van der Waals surface area (Å²) >= 11 is 0. The summed E-state index contributed by atoms with van der Waals surface area (Å²) in [7, 11) is 0. The summed E-state index contributed by atoms with van der Waals surface area (Å²) < 4.78 is 0. The summed E-state index contributed by atoms with van der Waals surface area (Å²) in [5, 5.41) is 30.1. The first-order valence-corrected chi connectivity index (χ1v) is 5.40. The molecular formula is C10H21NO3. The molecule has 0 radical (unpaired) electrons. The van der Waals surface area contributed by atoms with E-state index in [1.165, 1.54) is 0 Å². The number of hydrogen-bond acceptors (Lipinski definition) is 4. The summed E-state index contributed by atoms with van der Waals surface area (Å²) in [5.41, 5.74) is 0. The monoisotopic (exact) mass is 203 g/mol. The van der Waals surface area contributed by atoms with E-state index in [-0.39, 0.29) is 12.7 Å². The summed E-state index contributed by atoms with van der Waals surface area (Å²) in [5.74, 6) is 0.615. The molecule has 0 amide bonds.